The number of carbonyl (C=O) groups is 1. The Morgan fingerprint density at radius 1 is 1.35 bits per heavy atom. The van der Waals surface area contributed by atoms with Crippen LogP contribution in [-0.4, -0.2) is 21.6 Å². The van der Waals surface area contributed by atoms with Gasteiger partial charge in [0.1, 0.15) is 0 Å². The molecule has 6 heteroatoms. The standard InChI is InChI=1S/C14H16N4O2/c15-14(6-1-2-7-14)13(19)17-11-5-3-4-10(8-11)12-18-16-9-20-12/h3-5,8-9H,1-2,6-7,15H2,(H,17,19). The average molecular weight is 272 g/mol. The van der Waals surface area contributed by atoms with Crippen LogP contribution in [0.25, 0.3) is 11.5 Å². The van der Waals surface area contributed by atoms with E-state index in [-0.39, 0.29) is 5.91 Å². The Morgan fingerprint density at radius 3 is 2.85 bits per heavy atom. The Labute approximate surface area is 116 Å². The summed E-state index contributed by atoms with van der Waals surface area (Å²) in [6, 6.07) is 7.28. The summed E-state index contributed by atoms with van der Waals surface area (Å²) in [5, 5.41) is 10.4. The molecule has 0 spiro atoms. The maximum absolute atomic E-state index is 12.2. The van der Waals surface area contributed by atoms with Gasteiger partial charge in [-0.2, -0.15) is 0 Å². The molecule has 0 atom stereocenters. The van der Waals surface area contributed by atoms with Crippen LogP contribution in [0.1, 0.15) is 25.7 Å². The van der Waals surface area contributed by atoms with Crippen molar-refractivity contribution in [2.24, 2.45) is 5.73 Å². The number of nitrogens with two attached hydrogens (primary N) is 1. The van der Waals surface area contributed by atoms with Gasteiger partial charge in [-0.15, -0.1) is 10.2 Å². The predicted octanol–water partition coefficient (Wildman–Crippen LogP) is 1.95. The van der Waals surface area contributed by atoms with E-state index in [4.69, 9.17) is 10.2 Å². The molecule has 1 heterocycles. The Hall–Kier alpha value is -2.21. The third kappa shape index (κ3) is 2.42. The first-order chi connectivity index (χ1) is 9.67. The second kappa shape index (κ2) is 5.05. The predicted molar refractivity (Wildman–Crippen MR) is 73.8 cm³/mol. The number of hydrogen-bond acceptors (Lipinski definition) is 5. The van der Waals surface area contributed by atoms with E-state index < -0.39 is 5.54 Å². The topological polar surface area (TPSA) is 94.0 Å². The average Bonchev–Trinajstić information content (AvgIpc) is 3.11. The van der Waals surface area contributed by atoms with Gasteiger partial charge < -0.3 is 15.5 Å². The zero-order chi connectivity index (χ0) is 14.0. The van der Waals surface area contributed by atoms with Crippen molar-refractivity contribution in [2.75, 3.05) is 5.32 Å². The number of amides is 1. The summed E-state index contributed by atoms with van der Waals surface area (Å²) >= 11 is 0. The van der Waals surface area contributed by atoms with E-state index in [9.17, 15) is 4.79 Å². The molecular weight excluding hydrogens is 256 g/mol. The fraction of sp³-hybridized carbons (Fsp3) is 0.357. The Bertz CT molecular complexity index is 603. The first kappa shape index (κ1) is 12.8. The summed E-state index contributed by atoms with van der Waals surface area (Å²) < 4.78 is 5.14. The Morgan fingerprint density at radius 2 is 2.15 bits per heavy atom. The lowest BCUT2D eigenvalue weighted by molar-refractivity contribution is -0.121. The molecule has 0 aliphatic heterocycles. The number of benzene rings is 1. The molecule has 0 saturated heterocycles. The molecule has 104 valence electrons. The van der Waals surface area contributed by atoms with Crippen molar-refractivity contribution < 1.29 is 9.21 Å². The molecule has 1 aromatic heterocycles. The molecule has 1 aliphatic carbocycles. The molecule has 3 N–H and O–H groups in total. The van der Waals surface area contributed by atoms with Gasteiger partial charge in [-0.3, -0.25) is 4.79 Å². The van der Waals surface area contributed by atoms with Crippen LogP contribution in [0.15, 0.2) is 35.1 Å². The number of rotatable bonds is 3. The van der Waals surface area contributed by atoms with E-state index in [1.54, 1.807) is 6.07 Å². The lowest BCUT2D eigenvalue weighted by atomic mass is 9.98. The van der Waals surface area contributed by atoms with Gasteiger partial charge in [-0.05, 0) is 31.0 Å². The number of nitrogens with zero attached hydrogens (tertiary/aromatic N) is 2. The molecule has 1 saturated carbocycles. The van der Waals surface area contributed by atoms with Gasteiger partial charge in [0.15, 0.2) is 0 Å². The van der Waals surface area contributed by atoms with Crippen molar-refractivity contribution in [2.45, 2.75) is 31.2 Å². The molecule has 6 nitrogen and oxygen atoms in total. The summed E-state index contributed by atoms with van der Waals surface area (Å²) in [7, 11) is 0. The van der Waals surface area contributed by atoms with Gasteiger partial charge in [0.25, 0.3) is 0 Å². The first-order valence-corrected chi connectivity index (χ1v) is 6.64. The molecule has 0 bridgehead atoms. The number of aromatic nitrogens is 2. The second-order valence-electron chi connectivity index (χ2n) is 5.14. The number of anilines is 1. The summed E-state index contributed by atoms with van der Waals surface area (Å²) in [4.78, 5) is 12.2. The summed E-state index contributed by atoms with van der Waals surface area (Å²) in [6.45, 7) is 0. The number of hydrogen-bond donors (Lipinski definition) is 2. The zero-order valence-corrected chi connectivity index (χ0v) is 11.0. The number of carbonyl (C=O) groups excluding carboxylic acids is 1. The summed E-state index contributed by atoms with van der Waals surface area (Å²) in [5.41, 5.74) is 6.84. The highest BCUT2D eigenvalue weighted by molar-refractivity contribution is 5.98. The monoisotopic (exact) mass is 272 g/mol. The van der Waals surface area contributed by atoms with Crippen LogP contribution in [0.2, 0.25) is 0 Å². The quantitative estimate of drug-likeness (QED) is 0.890. The van der Waals surface area contributed by atoms with Crippen LogP contribution in [0, 0.1) is 0 Å². The van der Waals surface area contributed by atoms with Crippen molar-refractivity contribution in [1.82, 2.24) is 10.2 Å². The SMILES string of the molecule is NC1(C(=O)Nc2cccc(-c3nnco3)c2)CCCC1. The van der Waals surface area contributed by atoms with Gasteiger partial charge in [0, 0.05) is 11.3 Å². The molecule has 2 aromatic rings. The maximum Gasteiger partial charge on any atom is 0.247 e. The van der Waals surface area contributed by atoms with Crippen molar-refractivity contribution in [1.29, 1.82) is 0 Å². The van der Waals surface area contributed by atoms with Crippen molar-refractivity contribution in [3.8, 4) is 11.5 Å². The third-order valence-electron chi connectivity index (χ3n) is 3.68. The fourth-order valence-corrected chi connectivity index (χ4v) is 2.52. The molecule has 1 fully saturated rings. The minimum atomic E-state index is -0.736. The maximum atomic E-state index is 12.2. The van der Waals surface area contributed by atoms with Crippen molar-refractivity contribution in [3.05, 3.63) is 30.7 Å². The minimum absolute atomic E-state index is 0.127. The van der Waals surface area contributed by atoms with Gasteiger partial charge in [0.05, 0.1) is 5.54 Å². The minimum Gasteiger partial charge on any atom is -0.423 e. The molecule has 1 aliphatic rings. The Kier molecular flexibility index (Phi) is 3.23. The highest BCUT2D eigenvalue weighted by Crippen LogP contribution is 2.29. The fourth-order valence-electron chi connectivity index (χ4n) is 2.52. The van der Waals surface area contributed by atoms with E-state index in [2.05, 4.69) is 15.5 Å². The highest BCUT2D eigenvalue weighted by atomic mass is 16.4. The smallest absolute Gasteiger partial charge is 0.247 e. The lowest BCUT2D eigenvalue weighted by Gasteiger charge is -2.22. The zero-order valence-electron chi connectivity index (χ0n) is 11.0. The summed E-state index contributed by atoms with van der Waals surface area (Å²) in [5.74, 6) is 0.294. The van der Waals surface area contributed by atoms with Crippen LogP contribution in [0.4, 0.5) is 5.69 Å². The molecule has 1 aromatic carbocycles. The van der Waals surface area contributed by atoms with Crippen molar-refractivity contribution in [3.63, 3.8) is 0 Å². The van der Waals surface area contributed by atoms with E-state index >= 15 is 0 Å². The highest BCUT2D eigenvalue weighted by Gasteiger charge is 2.36. The van der Waals surface area contributed by atoms with Crippen molar-refractivity contribution >= 4 is 11.6 Å². The van der Waals surface area contributed by atoms with Crippen LogP contribution < -0.4 is 11.1 Å². The first-order valence-electron chi connectivity index (χ1n) is 6.64. The molecule has 20 heavy (non-hydrogen) atoms. The molecule has 0 radical (unpaired) electrons. The third-order valence-corrected chi connectivity index (χ3v) is 3.68. The van der Waals surface area contributed by atoms with E-state index in [0.29, 0.717) is 11.6 Å². The second-order valence-corrected chi connectivity index (χ2v) is 5.14. The van der Waals surface area contributed by atoms with E-state index in [1.165, 1.54) is 6.39 Å². The molecular formula is C14H16N4O2. The van der Waals surface area contributed by atoms with Crippen LogP contribution in [0.5, 0.6) is 0 Å². The van der Waals surface area contributed by atoms with Crippen LogP contribution >= 0.6 is 0 Å². The van der Waals surface area contributed by atoms with Crippen LogP contribution in [-0.2, 0) is 4.79 Å². The largest absolute Gasteiger partial charge is 0.423 e. The van der Waals surface area contributed by atoms with E-state index in [0.717, 1.165) is 31.2 Å². The van der Waals surface area contributed by atoms with Gasteiger partial charge in [-0.25, -0.2) is 0 Å². The Balaban J connectivity index is 1.78. The number of nitrogens with one attached hydrogen (secondary N) is 1. The van der Waals surface area contributed by atoms with Gasteiger partial charge >= 0.3 is 0 Å². The van der Waals surface area contributed by atoms with Gasteiger partial charge in [0.2, 0.25) is 18.2 Å². The summed E-state index contributed by atoms with van der Waals surface area (Å²) in [6.07, 6.45) is 4.76. The lowest BCUT2D eigenvalue weighted by Crippen LogP contribution is -2.48. The molecule has 3 rings (SSSR count). The molecule has 1 amide bonds. The van der Waals surface area contributed by atoms with E-state index in [1.807, 2.05) is 18.2 Å². The normalized spacial score (nSPS) is 17.1. The van der Waals surface area contributed by atoms with Gasteiger partial charge in [-0.1, -0.05) is 18.9 Å². The van der Waals surface area contributed by atoms with Crippen LogP contribution in [0.3, 0.4) is 0 Å². The molecule has 0 unspecified atom stereocenters.